The minimum absolute atomic E-state index is 0.0946. The number of amides is 2. The minimum atomic E-state index is -0.300. The van der Waals surface area contributed by atoms with Crippen molar-refractivity contribution in [2.24, 2.45) is 0 Å². The molecule has 0 saturated heterocycles. The van der Waals surface area contributed by atoms with E-state index in [0.717, 1.165) is 15.8 Å². The van der Waals surface area contributed by atoms with Crippen molar-refractivity contribution in [2.75, 3.05) is 11.9 Å². The van der Waals surface area contributed by atoms with Gasteiger partial charge in [0, 0.05) is 5.56 Å². The molecule has 0 spiro atoms. The van der Waals surface area contributed by atoms with Gasteiger partial charge in [-0.3, -0.25) is 9.59 Å². The fourth-order valence-corrected chi connectivity index (χ4v) is 3.12. The number of nitrogens with zero attached hydrogens (tertiary/aromatic N) is 1. The second kappa shape index (κ2) is 6.58. The highest BCUT2D eigenvalue weighted by Crippen LogP contribution is 2.27. The zero-order valence-corrected chi connectivity index (χ0v) is 13.3. The van der Waals surface area contributed by atoms with E-state index in [0.29, 0.717) is 10.7 Å². The first-order valence-corrected chi connectivity index (χ1v) is 7.94. The summed E-state index contributed by atoms with van der Waals surface area (Å²) in [5.74, 6) is -0.577. The van der Waals surface area contributed by atoms with Crippen LogP contribution in [0.3, 0.4) is 0 Å². The quantitative estimate of drug-likeness (QED) is 0.775. The standard InChI is InChI=1S/C17H15N3O2S/c1-11-6-5-9-13-15(11)20-17(23-13)19-14(21)10-18-16(22)12-7-3-2-4-8-12/h2-9H,10H2,1H3,(H,18,22)(H,19,20,21). The molecule has 1 aromatic heterocycles. The van der Waals surface area contributed by atoms with Crippen LogP contribution in [-0.2, 0) is 4.79 Å². The van der Waals surface area contributed by atoms with Crippen LogP contribution in [0.5, 0.6) is 0 Å². The molecule has 0 bridgehead atoms. The predicted octanol–water partition coefficient (Wildman–Crippen LogP) is 2.97. The third-order valence-electron chi connectivity index (χ3n) is 3.31. The Balaban J connectivity index is 1.60. The van der Waals surface area contributed by atoms with Crippen LogP contribution in [0.15, 0.2) is 48.5 Å². The molecule has 5 nitrogen and oxygen atoms in total. The summed E-state index contributed by atoms with van der Waals surface area (Å²) in [5, 5.41) is 5.84. The van der Waals surface area contributed by atoms with Gasteiger partial charge in [0.15, 0.2) is 5.13 Å². The number of aryl methyl sites for hydroxylation is 1. The fourth-order valence-electron chi connectivity index (χ4n) is 2.16. The van der Waals surface area contributed by atoms with Gasteiger partial charge in [0.25, 0.3) is 5.91 Å². The van der Waals surface area contributed by atoms with E-state index in [-0.39, 0.29) is 18.4 Å². The Hall–Kier alpha value is -2.73. The van der Waals surface area contributed by atoms with E-state index < -0.39 is 0 Å². The van der Waals surface area contributed by atoms with E-state index in [4.69, 9.17) is 0 Å². The average molecular weight is 325 g/mol. The molecule has 0 aliphatic carbocycles. The molecule has 6 heteroatoms. The summed E-state index contributed by atoms with van der Waals surface area (Å²) < 4.78 is 1.02. The molecule has 3 aromatic rings. The molecule has 2 N–H and O–H groups in total. The zero-order chi connectivity index (χ0) is 16.2. The number of fused-ring (bicyclic) bond motifs is 1. The van der Waals surface area contributed by atoms with Crippen LogP contribution in [0.4, 0.5) is 5.13 Å². The first-order chi connectivity index (χ1) is 11.1. The Morgan fingerprint density at radius 2 is 1.87 bits per heavy atom. The molecule has 0 atom stereocenters. The van der Waals surface area contributed by atoms with Gasteiger partial charge in [0.1, 0.15) is 0 Å². The highest BCUT2D eigenvalue weighted by atomic mass is 32.1. The van der Waals surface area contributed by atoms with Gasteiger partial charge < -0.3 is 10.6 Å². The summed E-state index contributed by atoms with van der Waals surface area (Å²) in [6, 6.07) is 14.7. The van der Waals surface area contributed by atoms with Crippen molar-refractivity contribution in [3.8, 4) is 0 Å². The summed E-state index contributed by atoms with van der Waals surface area (Å²) in [7, 11) is 0. The van der Waals surface area contributed by atoms with Crippen molar-refractivity contribution in [3.05, 3.63) is 59.7 Å². The lowest BCUT2D eigenvalue weighted by Crippen LogP contribution is -2.32. The van der Waals surface area contributed by atoms with E-state index in [1.165, 1.54) is 11.3 Å². The largest absolute Gasteiger partial charge is 0.343 e. The van der Waals surface area contributed by atoms with Crippen LogP contribution in [-0.4, -0.2) is 23.3 Å². The molecule has 0 radical (unpaired) electrons. The number of benzene rings is 2. The van der Waals surface area contributed by atoms with Crippen molar-refractivity contribution in [1.82, 2.24) is 10.3 Å². The van der Waals surface area contributed by atoms with Crippen molar-refractivity contribution < 1.29 is 9.59 Å². The highest BCUT2D eigenvalue weighted by Gasteiger charge is 2.11. The maximum atomic E-state index is 12.0. The van der Waals surface area contributed by atoms with Gasteiger partial charge in [0.2, 0.25) is 5.91 Å². The third kappa shape index (κ3) is 3.54. The van der Waals surface area contributed by atoms with Gasteiger partial charge in [-0.15, -0.1) is 0 Å². The fraction of sp³-hybridized carbons (Fsp3) is 0.118. The number of rotatable bonds is 4. The van der Waals surface area contributed by atoms with Gasteiger partial charge in [-0.2, -0.15) is 0 Å². The number of carbonyl (C=O) groups is 2. The average Bonchev–Trinajstić information content (AvgIpc) is 2.97. The molecule has 2 amide bonds. The van der Waals surface area contributed by atoms with Crippen molar-refractivity contribution in [2.45, 2.75) is 6.92 Å². The maximum absolute atomic E-state index is 12.0. The Morgan fingerprint density at radius 3 is 2.61 bits per heavy atom. The summed E-state index contributed by atoms with van der Waals surface area (Å²) >= 11 is 1.41. The number of hydrogen-bond donors (Lipinski definition) is 2. The second-order valence-electron chi connectivity index (χ2n) is 5.04. The summed E-state index contributed by atoms with van der Waals surface area (Å²) in [6.45, 7) is 1.89. The number of hydrogen-bond acceptors (Lipinski definition) is 4. The van der Waals surface area contributed by atoms with Crippen LogP contribution in [0.2, 0.25) is 0 Å². The molecule has 116 valence electrons. The normalized spacial score (nSPS) is 10.5. The Kier molecular flexibility index (Phi) is 4.34. The maximum Gasteiger partial charge on any atom is 0.251 e. The number of anilines is 1. The van der Waals surface area contributed by atoms with Gasteiger partial charge in [0.05, 0.1) is 16.8 Å². The lowest BCUT2D eigenvalue weighted by molar-refractivity contribution is -0.115. The Bertz CT molecular complexity index is 859. The number of thiazole rings is 1. The predicted molar refractivity (Wildman–Crippen MR) is 91.8 cm³/mol. The molecular weight excluding hydrogens is 310 g/mol. The summed E-state index contributed by atoms with van der Waals surface area (Å²) in [6.07, 6.45) is 0. The molecule has 0 saturated carbocycles. The number of carbonyl (C=O) groups excluding carboxylic acids is 2. The van der Waals surface area contributed by atoms with Gasteiger partial charge in [-0.25, -0.2) is 4.98 Å². The smallest absolute Gasteiger partial charge is 0.251 e. The van der Waals surface area contributed by atoms with Crippen molar-refractivity contribution in [1.29, 1.82) is 0 Å². The SMILES string of the molecule is Cc1cccc2sc(NC(=O)CNC(=O)c3ccccc3)nc12. The molecule has 0 aliphatic heterocycles. The minimum Gasteiger partial charge on any atom is -0.343 e. The number of aromatic nitrogens is 1. The molecule has 0 unspecified atom stereocenters. The first-order valence-electron chi connectivity index (χ1n) is 7.13. The second-order valence-corrected chi connectivity index (χ2v) is 6.07. The van der Waals surface area contributed by atoms with Crippen molar-refractivity contribution in [3.63, 3.8) is 0 Å². The van der Waals surface area contributed by atoms with Crippen molar-refractivity contribution >= 4 is 38.5 Å². The van der Waals surface area contributed by atoms with Crippen LogP contribution in [0, 0.1) is 6.92 Å². The summed E-state index contributed by atoms with van der Waals surface area (Å²) in [4.78, 5) is 28.2. The lowest BCUT2D eigenvalue weighted by Gasteiger charge is -2.04. The molecular formula is C17H15N3O2S. The van der Waals surface area contributed by atoms with Crippen LogP contribution >= 0.6 is 11.3 Å². The summed E-state index contributed by atoms with van der Waals surface area (Å²) in [5.41, 5.74) is 2.48. The van der Waals surface area contributed by atoms with E-state index >= 15 is 0 Å². The highest BCUT2D eigenvalue weighted by molar-refractivity contribution is 7.22. The third-order valence-corrected chi connectivity index (χ3v) is 4.25. The number of nitrogens with one attached hydrogen (secondary N) is 2. The molecule has 0 fully saturated rings. The first kappa shape index (κ1) is 15.2. The topological polar surface area (TPSA) is 71.1 Å². The van der Waals surface area contributed by atoms with E-state index in [2.05, 4.69) is 15.6 Å². The lowest BCUT2D eigenvalue weighted by atomic mass is 10.2. The van der Waals surface area contributed by atoms with Crippen LogP contribution < -0.4 is 10.6 Å². The van der Waals surface area contributed by atoms with Crippen LogP contribution in [0.1, 0.15) is 15.9 Å². The molecule has 23 heavy (non-hydrogen) atoms. The molecule has 2 aromatic carbocycles. The number of para-hydroxylation sites is 1. The molecule has 0 aliphatic rings. The monoisotopic (exact) mass is 325 g/mol. The zero-order valence-electron chi connectivity index (χ0n) is 12.5. The van der Waals surface area contributed by atoms with E-state index in [1.807, 2.05) is 31.2 Å². The molecule has 3 rings (SSSR count). The Morgan fingerprint density at radius 1 is 1.09 bits per heavy atom. The Labute approximate surface area is 137 Å². The van der Waals surface area contributed by atoms with Gasteiger partial charge in [-0.05, 0) is 30.7 Å². The van der Waals surface area contributed by atoms with Gasteiger partial charge in [-0.1, -0.05) is 41.7 Å². The van der Waals surface area contributed by atoms with E-state index in [9.17, 15) is 9.59 Å². The molecule has 1 heterocycles. The van der Waals surface area contributed by atoms with Gasteiger partial charge >= 0.3 is 0 Å². The van der Waals surface area contributed by atoms with E-state index in [1.54, 1.807) is 24.3 Å². The van der Waals surface area contributed by atoms with Crippen LogP contribution in [0.25, 0.3) is 10.2 Å².